The molecular formula is C21H23ClN2O3. The van der Waals surface area contributed by atoms with Crippen LogP contribution in [0.2, 0.25) is 5.02 Å². The zero-order valence-electron chi connectivity index (χ0n) is 15.4. The van der Waals surface area contributed by atoms with E-state index in [-0.39, 0.29) is 18.7 Å². The van der Waals surface area contributed by atoms with E-state index in [1.807, 2.05) is 30.3 Å². The Morgan fingerprint density at radius 1 is 1.26 bits per heavy atom. The van der Waals surface area contributed by atoms with E-state index in [4.69, 9.17) is 21.1 Å². The van der Waals surface area contributed by atoms with Crippen LogP contribution in [0.15, 0.2) is 36.5 Å². The fourth-order valence-corrected chi connectivity index (χ4v) is 4.12. The van der Waals surface area contributed by atoms with Gasteiger partial charge < -0.3 is 18.9 Å². The predicted octanol–water partition coefficient (Wildman–Crippen LogP) is 4.56. The lowest BCUT2D eigenvalue weighted by Crippen LogP contribution is -2.34. The van der Waals surface area contributed by atoms with E-state index >= 15 is 0 Å². The molecule has 4 rings (SSSR count). The smallest absolute Gasteiger partial charge is 0.247 e. The standard InChI is InChI=1S/C21H23ClN2O3/c1-23-10-5-7-17(23)18-6-3-2-4-11-24(18)20(25)9-8-15-12-16(22)21-19(13-15)26-14-27-21/h5,7-10,12-13,18H,2-4,6,11,14H2,1H3. The van der Waals surface area contributed by atoms with Crippen molar-refractivity contribution in [1.29, 1.82) is 0 Å². The molecule has 1 fully saturated rings. The number of fused-ring (bicyclic) bond motifs is 1. The molecule has 2 aromatic rings. The summed E-state index contributed by atoms with van der Waals surface area (Å²) in [7, 11) is 2.04. The van der Waals surface area contributed by atoms with Gasteiger partial charge in [0.05, 0.1) is 11.1 Å². The number of hydrogen-bond acceptors (Lipinski definition) is 3. The summed E-state index contributed by atoms with van der Waals surface area (Å²) in [5.41, 5.74) is 2.01. The summed E-state index contributed by atoms with van der Waals surface area (Å²) in [5.74, 6) is 1.21. The Balaban J connectivity index is 1.56. The van der Waals surface area contributed by atoms with Gasteiger partial charge in [0.25, 0.3) is 0 Å². The minimum absolute atomic E-state index is 0.0249. The van der Waals surface area contributed by atoms with Gasteiger partial charge in [-0.15, -0.1) is 0 Å². The second-order valence-corrected chi connectivity index (χ2v) is 7.42. The highest BCUT2D eigenvalue weighted by Crippen LogP contribution is 2.40. The van der Waals surface area contributed by atoms with Crippen LogP contribution in [-0.2, 0) is 11.8 Å². The van der Waals surface area contributed by atoms with Gasteiger partial charge in [-0.2, -0.15) is 0 Å². The van der Waals surface area contributed by atoms with E-state index in [1.165, 1.54) is 5.69 Å². The molecule has 0 spiro atoms. The molecule has 0 bridgehead atoms. The topological polar surface area (TPSA) is 43.7 Å². The zero-order valence-corrected chi connectivity index (χ0v) is 16.1. The molecular weight excluding hydrogens is 364 g/mol. The molecule has 0 saturated carbocycles. The number of likely N-dealkylation sites (tertiary alicyclic amines) is 1. The Bertz CT molecular complexity index is 874. The number of nitrogens with zero attached hydrogens (tertiary/aromatic N) is 2. The Kier molecular flexibility index (Phi) is 5.12. The molecule has 1 atom stereocenters. The Morgan fingerprint density at radius 2 is 2.15 bits per heavy atom. The monoisotopic (exact) mass is 386 g/mol. The van der Waals surface area contributed by atoms with E-state index in [0.717, 1.165) is 37.8 Å². The molecule has 142 valence electrons. The molecule has 0 aliphatic carbocycles. The third kappa shape index (κ3) is 3.69. The van der Waals surface area contributed by atoms with E-state index in [1.54, 1.807) is 18.2 Å². The van der Waals surface area contributed by atoms with E-state index in [0.29, 0.717) is 16.5 Å². The van der Waals surface area contributed by atoms with Crippen molar-refractivity contribution < 1.29 is 14.3 Å². The molecule has 1 aromatic heterocycles. The summed E-state index contributed by atoms with van der Waals surface area (Å²) in [6.07, 6.45) is 9.79. The average molecular weight is 387 g/mol. The first-order chi connectivity index (χ1) is 13.1. The van der Waals surface area contributed by atoms with Crippen LogP contribution in [0.5, 0.6) is 11.5 Å². The molecule has 0 N–H and O–H groups in total. The molecule has 1 aromatic carbocycles. The zero-order chi connectivity index (χ0) is 18.8. The highest BCUT2D eigenvalue weighted by molar-refractivity contribution is 6.32. The van der Waals surface area contributed by atoms with Crippen LogP contribution in [0.25, 0.3) is 6.08 Å². The highest BCUT2D eigenvalue weighted by atomic mass is 35.5. The molecule has 1 unspecified atom stereocenters. The van der Waals surface area contributed by atoms with Crippen molar-refractivity contribution in [1.82, 2.24) is 9.47 Å². The first kappa shape index (κ1) is 18.0. The van der Waals surface area contributed by atoms with Crippen molar-refractivity contribution in [3.8, 4) is 11.5 Å². The van der Waals surface area contributed by atoms with Gasteiger partial charge in [0.2, 0.25) is 12.7 Å². The number of rotatable bonds is 3. The minimum atomic E-state index is 0.0249. The van der Waals surface area contributed by atoms with Gasteiger partial charge in [-0.25, -0.2) is 0 Å². The fourth-order valence-electron chi connectivity index (χ4n) is 3.85. The Morgan fingerprint density at radius 3 is 2.96 bits per heavy atom. The third-order valence-corrected chi connectivity index (χ3v) is 5.51. The summed E-state index contributed by atoms with van der Waals surface area (Å²) in [4.78, 5) is 15.0. The largest absolute Gasteiger partial charge is 0.454 e. The van der Waals surface area contributed by atoms with Gasteiger partial charge in [0, 0.05) is 31.6 Å². The molecule has 1 saturated heterocycles. The second-order valence-electron chi connectivity index (χ2n) is 7.01. The number of carbonyl (C=O) groups is 1. The quantitative estimate of drug-likeness (QED) is 0.726. The van der Waals surface area contributed by atoms with Crippen molar-refractivity contribution >= 4 is 23.6 Å². The van der Waals surface area contributed by atoms with Crippen LogP contribution >= 0.6 is 11.6 Å². The number of amides is 1. The van der Waals surface area contributed by atoms with Gasteiger partial charge in [-0.3, -0.25) is 4.79 Å². The number of ether oxygens (including phenoxy) is 2. The summed E-state index contributed by atoms with van der Waals surface area (Å²) >= 11 is 6.23. The number of halogens is 1. The van der Waals surface area contributed by atoms with Crippen LogP contribution < -0.4 is 9.47 Å². The summed E-state index contributed by atoms with van der Waals surface area (Å²) < 4.78 is 12.8. The van der Waals surface area contributed by atoms with Crippen molar-refractivity contribution in [2.24, 2.45) is 7.05 Å². The van der Waals surface area contributed by atoms with Gasteiger partial charge in [0.15, 0.2) is 11.5 Å². The molecule has 2 aliphatic heterocycles. The fraction of sp³-hybridized carbons (Fsp3) is 0.381. The normalized spacial score (nSPS) is 19.5. The van der Waals surface area contributed by atoms with Crippen LogP contribution in [-0.4, -0.2) is 28.7 Å². The van der Waals surface area contributed by atoms with Gasteiger partial charge in [-0.1, -0.05) is 24.4 Å². The minimum Gasteiger partial charge on any atom is -0.454 e. The van der Waals surface area contributed by atoms with Crippen LogP contribution in [0.3, 0.4) is 0 Å². The molecule has 5 nitrogen and oxygen atoms in total. The molecule has 3 heterocycles. The molecule has 0 radical (unpaired) electrons. The van der Waals surface area contributed by atoms with Crippen LogP contribution in [0, 0.1) is 0 Å². The Labute approximate surface area is 164 Å². The van der Waals surface area contributed by atoms with Gasteiger partial charge in [0.1, 0.15) is 0 Å². The summed E-state index contributed by atoms with van der Waals surface area (Å²) in [5, 5.41) is 0.494. The maximum Gasteiger partial charge on any atom is 0.247 e. The number of hydrogen-bond donors (Lipinski definition) is 0. The van der Waals surface area contributed by atoms with Crippen molar-refractivity contribution in [2.45, 2.75) is 31.7 Å². The van der Waals surface area contributed by atoms with Crippen molar-refractivity contribution in [2.75, 3.05) is 13.3 Å². The summed E-state index contributed by atoms with van der Waals surface area (Å²) in [6, 6.07) is 7.89. The summed E-state index contributed by atoms with van der Waals surface area (Å²) in [6.45, 7) is 0.953. The highest BCUT2D eigenvalue weighted by Gasteiger charge is 2.27. The van der Waals surface area contributed by atoms with E-state index < -0.39 is 0 Å². The van der Waals surface area contributed by atoms with E-state index in [2.05, 4.69) is 10.6 Å². The second kappa shape index (κ2) is 7.69. The first-order valence-electron chi connectivity index (χ1n) is 9.32. The molecule has 27 heavy (non-hydrogen) atoms. The average Bonchev–Trinajstić information content (AvgIpc) is 3.23. The maximum atomic E-state index is 13.0. The molecule has 6 heteroatoms. The molecule has 1 amide bonds. The van der Waals surface area contributed by atoms with Gasteiger partial charge in [-0.05, 0) is 48.7 Å². The maximum absolute atomic E-state index is 13.0. The van der Waals surface area contributed by atoms with Gasteiger partial charge >= 0.3 is 0 Å². The number of aryl methyl sites for hydroxylation is 1. The van der Waals surface area contributed by atoms with E-state index in [9.17, 15) is 4.79 Å². The predicted molar refractivity (Wildman–Crippen MR) is 105 cm³/mol. The lowest BCUT2D eigenvalue weighted by atomic mass is 10.1. The van der Waals surface area contributed by atoms with Crippen molar-refractivity contribution in [3.63, 3.8) is 0 Å². The lowest BCUT2D eigenvalue weighted by Gasteiger charge is -2.29. The number of aromatic nitrogens is 1. The SMILES string of the molecule is Cn1cccc1C1CCCCCN1C(=O)C=Cc1cc(Cl)c2c(c1)OCO2. The lowest BCUT2D eigenvalue weighted by molar-refractivity contribution is -0.128. The molecule has 2 aliphatic rings. The number of carbonyl (C=O) groups excluding carboxylic acids is 1. The first-order valence-corrected chi connectivity index (χ1v) is 9.70. The number of benzene rings is 1. The van der Waals surface area contributed by atoms with Crippen LogP contribution in [0.1, 0.15) is 43.0 Å². The van der Waals surface area contributed by atoms with Crippen molar-refractivity contribution in [3.05, 3.63) is 52.8 Å². The Hall–Kier alpha value is -2.40. The van der Waals surface area contributed by atoms with Crippen LogP contribution in [0.4, 0.5) is 0 Å². The third-order valence-electron chi connectivity index (χ3n) is 5.23.